The molecule has 1 aromatic carbocycles. The summed E-state index contributed by atoms with van der Waals surface area (Å²) < 4.78 is 0. The first kappa shape index (κ1) is 13.2. The Morgan fingerprint density at radius 1 is 1.50 bits per heavy atom. The molecule has 0 aromatic heterocycles. The van der Waals surface area contributed by atoms with Crippen molar-refractivity contribution in [3.05, 3.63) is 23.2 Å². The van der Waals surface area contributed by atoms with E-state index in [1.807, 2.05) is 13.0 Å². The van der Waals surface area contributed by atoms with Crippen LogP contribution in [0.2, 0.25) is 5.02 Å². The van der Waals surface area contributed by atoms with E-state index in [0.717, 1.165) is 4.90 Å². The predicted molar refractivity (Wildman–Crippen MR) is 69.9 cm³/mol. The van der Waals surface area contributed by atoms with Gasteiger partial charge in [0.25, 0.3) is 0 Å². The minimum absolute atomic E-state index is 0.0675. The van der Waals surface area contributed by atoms with E-state index in [-0.39, 0.29) is 11.2 Å². The minimum Gasteiger partial charge on any atom is -0.399 e. The number of carbonyl (C=O) groups excluding carboxylic acids is 1. The van der Waals surface area contributed by atoms with Crippen molar-refractivity contribution >= 4 is 35.0 Å². The second-order valence-electron chi connectivity index (χ2n) is 3.68. The average Bonchev–Trinajstić information content (AvgIpc) is 2.20. The van der Waals surface area contributed by atoms with Gasteiger partial charge in [0.05, 0.1) is 10.3 Å². The molecule has 0 radical (unpaired) electrons. The van der Waals surface area contributed by atoms with Gasteiger partial charge in [-0.15, -0.1) is 11.8 Å². The van der Waals surface area contributed by atoms with Crippen LogP contribution in [0.15, 0.2) is 23.1 Å². The van der Waals surface area contributed by atoms with E-state index in [2.05, 4.69) is 0 Å². The number of hydrogen-bond donors (Lipinski definition) is 1. The highest BCUT2D eigenvalue weighted by molar-refractivity contribution is 8.00. The zero-order chi connectivity index (χ0) is 12.3. The summed E-state index contributed by atoms with van der Waals surface area (Å²) in [5.74, 6) is 0.0675. The van der Waals surface area contributed by atoms with Crippen LogP contribution in [0.25, 0.3) is 0 Å². The van der Waals surface area contributed by atoms with E-state index in [4.69, 9.17) is 17.3 Å². The van der Waals surface area contributed by atoms with Gasteiger partial charge in [-0.05, 0) is 25.1 Å². The summed E-state index contributed by atoms with van der Waals surface area (Å²) in [6.45, 7) is 1.86. The fourth-order valence-electron chi connectivity index (χ4n) is 1.22. The van der Waals surface area contributed by atoms with E-state index < -0.39 is 0 Å². The molecular weight excluding hydrogens is 244 g/mol. The number of hydrogen-bond acceptors (Lipinski definition) is 3. The summed E-state index contributed by atoms with van der Waals surface area (Å²) in [6.07, 6.45) is 0. The topological polar surface area (TPSA) is 46.3 Å². The van der Waals surface area contributed by atoms with Crippen LogP contribution < -0.4 is 5.73 Å². The lowest BCUT2D eigenvalue weighted by Gasteiger charge is -2.16. The molecular formula is C11H15ClN2OS. The van der Waals surface area contributed by atoms with Crippen LogP contribution in [0, 0.1) is 0 Å². The van der Waals surface area contributed by atoms with Gasteiger partial charge in [0.2, 0.25) is 5.91 Å². The Balaban J connectivity index is 2.77. The first-order valence-corrected chi connectivity index (χ1v) is 6.10. The average molecular weight is 259 g/mol. The summed E-state index contributed by atoms with van der Waals surface area (Å²) in [4.78, 5) is 14.1. The maximum Gasteiger partial charge on any atom is 0.235 e. The number of nitrogen functional groups attached to an aromatic ring is 1. The second kappa shape index (κ2) is 5.46. The highest BCUT2D eigenvalue weighted by atomic mass is 35.5. The van der Waals surface area contributed by atoms with E-state index in [1.165, 1.54) is 11.8 Å². The molecule has 3 nitrogen and oxygen atoms in total. The van der Waals surface area contributed by atoms with Gasteiger partial charge in [-0.2, -0.15) is 0 Å². The molecule has 16 heavy (non-hydrogen) atoms. The molecule has 0 aliphatic carbocycles. The number of anilines is 1. The Kier molecular flexibility index (Phi) is 4.50. The van der Waals surface area contributed by atoms with Crippen molar-refractivity contribution in [2.45, 2.75) is 17.1 Å². The Bertz CT molecular complexity index is 396. The van der Waals surface area contributed by atoms with Gasteiger partial charge in [0, 0.05) is 24.7 Å². The molecule has 0 saturated carbocycles. The molecule has 0 saturated heterocycles. The van der Waals surface area contributed by atoms with Gasteiger partial charge in [-0.25, -0.2) is 0 Å². The van der Waals surface area contributed by atoms with Gasteiger partial charge < -0.3 is 10.6 Å². The molecule has 0 aliphatic rings. The molecule has 1 atom stereocenters. The predicted octanol–water partition coefficient (Wildman–Crippen LogP) is 2.49. The molecule has 1 rings (SSSR count). The first-order valence-electron chi connectivity index (χ1n) is 4.84. The van der Waals surface area contributed by atoms with Crippen molar-refractivity contribution in [2.24, 2.45) is 0 Å². The second-order valence-corrected chi connectivity index (χ2v) is 5.47. The minimum atomic E-state index is -0.156. The Morgan fingerprint density at radius 2 is 2.12 bits per heavy atom. The van der Waals surface area contributed by atoms with Crippen LogP contribution in [0.5, 0.6) is 0 Å². The molecule has 0 aliphatic heterocycles. The third-order valence-electron chi connectivity index (χ3n) is 2.05. The van der Waals surface area contributed by atoms with Gasteiger partial charge in [0.1, 0.15) is 0 Å². The zero-order valence-electron chi connectivity index (χ0n) is 9.53. The number of thioether (sulfide) groups is 1. The quantitative estimate of drug-likeness (QED) is 0.669. The lowest BCUT2D eigenvalue weighted by atomic mass is 10.3. The summed E-state index contributed by atoms with van der Waals surface area (Å²) >= 11 is 7.47. The molecule has 1 aromatic rings. The molecule has 1 unspecified atom stereocenters. The number of rotatable bonds is 3. The molecule has 0 heterocycles. The molecule has 0 bridgehead atoms. The summed E-state index contributed by atoms with van der Waals surface area (Å²) in [6, 6.07) is 5.31. The molecule has 0 spiro atoms. The summed E-state index contributed by atoms with van der Waals surface area (Å²) in [7, 11) is 3.48. The maximum absolute atomic E-state index is 11.7. The molecule has 5 heteroatoms. The third-order valence-corrected chi connectivity index (χ3v) is 3.64. The van der Waals surface area contributed by atoms with E-state index in [9.17, 15) is 4.79 Å². The third kappa shape index (κ3) is 3.32. The van der Waals surface area contributed by atoms with Crippen LogP contribution in [0.1, 0.15) is 6.92 Å². The van der Waals surface area contributed by atoms with Gasteiger partial charge in [0.15, 0.2) is 0 Å². The SMILES string of the molecule is CC(Sc1ccc(N)cc1Cl)C(=O)N(C)C. The van der Waals surface area contributed by atoms with Crippen molar-refractivity contribution in [2.75, 3.05) is 19.8 Å². The Labute approximate surface area is 105 Å². The maximum atomic E-state index is 11.7. The summed E-state index contributed by atoms with van der Waals surface area (Å²) in [5.41, 5.74) is 6.22. The van der Waals surface area contributed by atoms with Crippen LogP contribution in [0.4, 0.5) is 5.69 Å². The summed E-state index contributed by atoms with van der Waals surface area (Å²) in [5, 5.41) is 0.430. The smallest absolute Gasteiger partial charge is 0.235 e. The lowest BCUT2D eigenvalue weighted by molar-refractivity contribution is -0.127. The fraction of sp³-hybridized carbons (Fsp3) is 0.364. The molecule has 2 N–H and O–H groups in total. The fourth-order valence-corrected chi connectivity index (χ4v) is 2.55. The number of amides is 1. The highest BCUT2D eigenvalue weighted by Gasteiger charge is 2.17. The number of benzene rings is 1. The van der Waals surface area contributed by atoms with Crippen molar-refractivity contribution in [3.63, 3.8) is 0 Å². The molecule has 0 fully saturated rings. The normalized spacial score (nSPS) is 12.2. The van der Waals surface area contributed by atoms with Gasteiger partial charge in [-0.3, -0.25) is 4.79 Å². The van der Waals surface area contributed by atoms with E-state index in [0.29, 0.717) is 10.7 Å². The number of halogens is 1. The van der Waals surface area contributed by atoms with Crippen LogP contribution >= 0.6 is 23.4 Å². The standard InChI is InChI=1S/C11H15ClN2OS/c1-7(11(15)14(2)3)16-10-5-4-8(13)6-9(10)12/h4-7H,13H2,1-3H3. The molecule has 88 valence electrons. The van der Waals surface area contributed by atoms with Crippen LogP contribution in [-0.2, 0) is 4.79 Å². The van der Waals surface area contributed by atoms with E-state index >= 15 is 0 Å². The van der Waals surface area contributed by atoms with E-state index in [1.54, 1.807) is 31.1 Å². The Morgan fingerprint density at radius 3 is 2.62 bits per heavy atom. The zero-order valence-corrected chi connectivity index (χ0v) is 11.1. The number of nitrogens with zero attached hydrogens (tertiary/aromatic N) is 1. The number of nitrogens with two attached hydrogens (primary N) is 1. The van der Waals surface area contributed by atoms with Crippen LogP contribution in [-0.4, -0.2) is 30.2 Å². The van der Waals surface area contributed by atoms with Crippen LogP contribution in [0.3, 0.4) is 0 Å². The van der Waals surface area contributed by atoms with Crippen molar-refractivity contribution in [3.8, 4) is 0 Å². The Hall–Kier alpha value is -0.870. The van der Waals surface area contributed by atoms with Gasteiger partial charge >= 0.3 is 0 Å². The van der Waals surface area contributed by atoms with Crippen molar-refractivity contribution < 1.29 is 4.79 Å². The van der Waals surface area contributed by atoms with Crippen molar-refractivity contribution in [1.29, 1.82) is 0 Å². The monoisotopic (exact) mass is 258 g/mol. The molecule has 1 amide bonds. The van der Waals surface area contributed by atoms with Gasteiger partial charge in [-0.1, -0.05) is 11.6 Å². The number of carbonyl (C=O) groups is 1. The first-order chi connectivity index (χ1) is 7.41. The largest absolute Gasteiger partial charge is 0.399 e. The van der Waals surface area contributed by atoms with Crippen molar-refractivity contribution in [1.82, 2.24) is 4.90 Å². The lowest BCUT2D eigenvalue weighted by Crippen LogP contribution is -2.29. The highest BCUT2D eigenvalue weighted by Crippen LogP contribution is 2.32.